The van der Waals surface area contributed by atoms with Crippen molar-refractivity contribution in [3.63, 3.8) is 0 Å². The van der Waals surface area contributed by atoms with E-state index in [9.17, 15) is 4.79 Å². The van der Waals surface area contributed by atoms with E-state index in [2.05, 4.69) is 5.32 Å². The van der Waals surface area contributed by atoms with Gasteiger partial charge in [-0.3, -0.25) is 10.1 Å². The molecule has 2 aromatic heterocycles. The molecular formula is C13H14ClNO2S2. The summed E-state index contributed by atoms with van der Waals surface area (Å²) >= 11 is 9.15. The van der Waals surface area contributed by atoms with Crippen LogP contribution >= 0.6 is 34.3 Å². The fourth-order valence-electron chi connectivity index (χ4n) is 1.68. The van der Waals surface area contributed by atoms with Crippen LogP contribution in [0, 0.1) is 0 Å². The van der Waals surface area contributed by atoms with Crippen molar-refractivity contribution < 1.29 is 9.53 Å². The minimum Gasteiger partial charge on any atom is -0.465 e. The number of thiophene rings is 2. The van der Waals surface area contributed by atoms with E-state index in [-0.39, 0.29) is 18.6 Å². The highest BCUT2D eigenvalue weighted by atomic mass is 35.5. The number of halogens is 1. The summed E-state index contributed by atoms with van der Waals surface area (Å²) in [5.74, 6) is -0.244. The molecule has 0 aliphatic heterocycles. The maximum absolute atomic E-state index is 11.4. The molecule has 3 nitrogen and oxygen atoms in total. The van der Waals surface area contributed by atoms with Gasteiger partial charge in [-0.05, 0) is 30.5 Å². The number of ether oxygens (including phenoxy) is 1. The van der Waals surface area contributed by atoms with E-state index in [1.165, 1.54) is 11.3 Å². The molecule has 0 radical (unpaired) electrons. The van der Waals surface area contributed by atoms with E-state index >= 15 is 0 Å². The second-order valence-electron chi connectivity index (χ2n) is 3.78. The topological polar surface area (TPSA) is 38.3 Å². The predicted molar refractivity (Wildman–Crippen MR) is 80.1 cm³/mol. The average molecular weight is 316 g/mol. The normalized spacial score (nSPS) is 12.3. The van der Waals surface area contributed by atoms with Crippen LogP contribution in [0.4, 0.5) is 0 Å². The van der Waals surface area contributed by atoms with E-state index in [1.54, 1.807) is 18.3 Å². The Balaban J connectivity index is 2.10. The Morgan fingerprint density at radius 1 is 1.42 bits per heavy atom. The molecule has 19 heavy (non-hydrogen) atoms. The van der Waals surface area contributed by atoms with Crippen LogP contribution in [0.15, 0.2) is 29.6 Å². The van der Waals surface area contributed by atoms with Gasteiger partial charge in [0.25, 0.3) is 0 Å². The summed E-state index contributed by atoms with van der Waals surface area (Å²) in [5, 5.41) is 5.24. The molecular weight excluding hydrogens is 302 g/mol. The lowest BCUT2D eigenvalue weighted by atomic mass is 10.2. The van der Waals surface area contributed by atoms with Gasteiger partial charge in [0.15, 0.2) is 0 Å². The standard InChI is InChI=1S/C13H14ClNO2S2/c1-2-17-12(16)8-15-13(9-4-3-7-18-9)10-5-6-11(14)19-10/h3-7,13,15H,2,8H2,1H3. The van der Waals surface area contributed by atoms with E-state index in [4.69, 9.17) is 16.3 Å². The zero-order chi connectivity index (χ0) is 13.7. The lowest BCUT2D eigenvalue weighted by Gasteiger charge is -2.15. The first-order valence-corrected chi connectivity index (χ1v) is 7.95. The van der Waals surface area contributed by atoms with Gasteiger partial charge in [-0.1, -0.05) is 17.7 Å². The summed E-state index contributed by atoms with van der Waals surface area (Å²) in [6.45, 7) is 2.38. The van der Waals surface area contributed by atoms with Crippen molar-refractivity contribution in [1.82, 2.24) is 5.32 Å². The third-order valence-corrected chi connectivity index (χ3v) is 4.70. The third-order valence-electron chi connectivity index (χ3n) is 2.46. The molecule has 0 amide bonds. The van der Waals surface area contributed by atoms with Crippen LogP contribution in [0.3, 0.4) is 0 Å². The highest BCUT2D eigenvalue weighted by Crippen LogP contribution is 2.32. The van der Waals surface area contributed by atoms with E-state index in [0.29, 0.717) is 6.61 Å². The molecule has 0 spiro atoms. The van der Waals surface area contributed by atoms with Crippen molar-refractivity contribution in [2.24, 2.45) is 0 Å². The van der Waals surface area contributed by atoms with E-state index < -0.39 is 0 Å². The largest absolute Gasteiger partial charge is 0.465 e. The van der Waals surface area contributed by atoms with Gasteiger partial charge < -0.3 is 4.74 Å². The summed E-state index contributed by atoms with van der Waals surface area (Å²) in [4.78, 5) is 13.7. The fourth-order valence-corrected chi connectivity index (χ4v) is 3.73. The molecule has 102 valence electrons. The number of carbonyl (C=O) groups is 1. The Hall–Kier alpha value is -0.880. The molecule has 0 saturated heterocycles. The van der Waals surface area contributed by atoms with E-state index in [0.717, 1.165) is 14.1 Å². The predicted octanol–water partition coefficient (Wildman–Crippen LogP) is 3.71. The minimum atomic E-state index is -0.244. The van der Waals surface area contributed by atoms with Crippen LogP contribution in [0.2, 0.25) is 4.34 Å². The number of nitrogens with one attached hydrogen (secondary N) is 1. The van der Waals surface area contributed by atoms with Gasteiger partial charge in [0.2, 0.25) is 0 Å². The zero-order valence-electron chi connectivity index (χ0n) is 10.4. The van der Waals surface area contributed by atoms with Crippen molar-refractivity contribution in [1.29, 1.82) is 0 Å². The number of esters is 1. The van der Waals surface area contributed by atoms with E-state index in [1.807, 2.05) is 29.6 Å². The molecule has 0 fully saturated rings. The first-order valence-electron chi connectivity index (χ1n) is 5.88. The minimum absolute atomic E-state index is 0.0121. The highest BCUT2D eigenvalue weighted by molar-refractivity contribution is 7.16. The monoisotopic (exact) mass is 315 g/mol. The smallest absolute Gasteiger partial charge is 0.319 e. The van der Waals surface area contributed by atoms with Gasteiger partial charge >= 0.3 is 5.97 Å². The van der Waals surface area contributed by atoms with Crippen molar-refractivity contribution in [2.75, 3.05) is 13.2 Å². The van der Waals surface area contributed by atoms with Crippen molar-refractivity contribution in [3.05, 3.63) is 43.7 Å². The summed E-state index contributed by atoms with van der Waals surface area (Å²) in [6, 6.07) is 7.88. The maximum atomic E-state index is 11.4. The summed E-state index contributed by atoms with van der Waals surface area (Å²) in [5.41, 5.74) is 0. The number of hydrogen-bond acceptors (Lipinski definition) is 5. The molecule has 2 aromatic rings. The quantitative estimate of drug-likeness (QED) is 0.826. The second-order valence-corrected chi connectivity index (χ2v) is 6.50. The van der Waals surface area contributed by atoms with Gasteiger partial charge in [-0.2, -0.15) is 0 Å². The Morgan fingerprint density at radius 3 is 2.84 bits per heavy atom. The average Bonchev–Trinajstić information content (AvgIpc) is 3.02. The molecule has 1 atom stereocenters. The summed E-state index contributed by atoms with van der Waals surface area (Å²) < 4.78 is 5.67. The van der Waals surface area contributed by atoms with Crippen LogP contribution in [0.5, 0.6) is 0 Å². The van der Waals surface area contributed by atoms with Crippen LogP contribution in [0.25, 0.3) is 0 Å². The first kappa shape index (κ1) is 14.5. The molecule has 1 unspecified atom stereocenters. The van der Waals surface area contributed by atoms with Gasteiger partial charge in [-0.25, -0.2) is 0 Å². The number of rotatable bonds is 6. The van der Waals surface area contributed by atoms with Gasteiger partial charge in [0.05, 0.1) is 23.5 Å². The van der Waals surface area contributed by atoms with Crippen molar-refractivity contribution in [3.8, 4) is 0 Å². The van der Waals surface area contributed by atoms with Crippen molar-refractivity contribution >= 4 is 40.2 Å². The van der Waals surface area contributed by atoms with Crippen molar-refractivity contribution in [2.45, 2.75) is 13.0 Å². The molecule has 0 saturated carbocycles. The van der Waals surface area contributed by atoms with Gasteiger partial charge in [0.1, 0.15) is 0 Å². The van der Waals surface area contributed by atoms with Crippen LogP contribution in [0.1, 0.15) is 22.7 Å². The number of carbonyl (C=O) groups excluding carboxylic acids is 1. The summed E-state index contributed by atoms with van der Waals surface area (Å²) in [7, 11) is 0. The zero-order valence-corrected chi connectivity index (χ0v) is 12.8. The molecule has 0 aromatic carbocycles. The molecule has 1 N–H and O–H groups in total. The number of hydrogen-bond donors (Lipinski definition) is 1. The first-order chi connectivity index (χ1) is 9.20. The molecule has 6 heteroatoms. The Labute approximate surface area is 125 Å². The van der Waals surface area contributed by atoms with Crippen LogP contribution in [-0.4, -0.2) is 19.1 Å². The molecule has 0 bridgehead atoms. The molecule has 2 heterocycles. The van der Waals surface area contributed by atoms with Gasteiger partial charge in [-0.15, -0.1) is 22.7 Å². The second kappa shape index (κ2) is 7.05. The van der Waals surface area contributed by atoms with Crippen LogP contribution < -0.4 is 5.32 Å². The Bertz CT molecular complexity index is 524. The lowest BCUT2D eigenvalue weighted by molar-refractivity contribution is -0.142. The van der Waals surface area contributed by atoms with Crippen LogP contribution in [-0.2, 0) is 9.53 Å². The maximum Gasteiger partial charge on any atom is 0.319 e. The summed E-state index contributed by atoms with van der Waals surface area (Å²) in [6.07, 6.45) is 0. The third kappa shape index (κ3) is 4.04. The lowest BCUT2D eigenvalue weighted by Crippen LogP contribution is -2.28. The molecule has 2 rings (SSSR count). The van der Waals surface area contributed by atoms with Gasteiger partial charge in [0, 0.05) is 9.75 Å². The Morgan fingerprint density at radius 2 is 2.26 bits per heavy atom. The molecule has 0 aliphatic carbocycles. The fraction of sp³-hybridized carbons (Fsp3) is 0.308. The Kier molecular flexibility index (Phi) is 5.39. The molecule has 0 aliphatic rings. The highest BCUT2D eigenvalue weighted by Gasteiger charge is 2.18. The SMILES string of the molecule is CCOC(=O)CNC(c1cccs1)c1ccc(Cl)s1.